The minimum Gasteiger partial charge on any atom is -0.323 e. The molecule has 0 aromatic heterocycles. The fourth-order valence-electron chi connectivity index (χ4n) is 2.48. The summed E-state index contributed by atoms with van der Waals surface area (Å²) in [5.74, 6) is -0.702. The van der Waals surface area contributed by atoms with Gasteiger partial charge in [-0.15, -0.1) is 0 Å². The van der Waals surface area contributed by atoms with E-state index in [0.29, 0.717) is 16.9 Å². The van der Waals surface area contributed by atoms with E-state index in [9.17, 15) is 17.6 Å². The first kappa shape index (κ1) is 20.3. The summed E-state index contributed by atoms with van der Waals surface area (Å²) < 4.78 is 40.2. The smallest absolute Gasteiger partial charge is 0.261 e. The molecule has 2 N–H and O–H groups in total. The fraction of sp³-hybridized carbons (Fsp3) is 0.0455. The van der Waals surface area contributed by atoms with Gasteiger partial charge in [0.15, 0.2) is 0 Å². The van der Waals surface area contributed by atoms with Gasteiger partial charge in [-0.3, -0.25) is 9.52 Å². The number of sulfonamides is 1. The van der Waals surface area contributed by atoms with Gasteiger partial charge in [0.25, 0.3) is 10.0 Å². The van der Waals surface area contributed by atoms with Crippen LogP contribution in [0.5, 0.6) is 0 Å². The average Bonchev–Trinajstić information content (AvgIpc) is 2.69. The summed E-state index contributed by atoms with van der Waals surface area (Å²) in [6.45, 7) is 1.88. The Morgan fingerprint density at radius 3 is 2.07 bits per heavy atom. The van der Waals surface area contributed by atoms with Crippen molar-refractivity contribution in [3.63, 3.8) is 0 Å². The standard InChI is InChI=1S/C22H19FN2O3S/c1-16-2-13-21(14-3-16)29(27,28)25-20-11-9-19(10-12-20)24-22(26)15-6-17-4-7-18(23)8-5-17/h2-15,25H,1H3,(H,24,26). The Morgan fingerprint density at radius 1 is 0.862 bits per heavy atom. The maximum Gasteiger partial charge on any atom is 0.261 e. The van der Waals surface area contributed by atoms with E-state index in [1.165, 1.54) is 18.2 Å². The Hall–Kier alpha value is -3.45. The first-order valence-electron chi connectivity index (χ1n) is 8.76. The van der Waals surface area contributed by atoms with E-state index in [-0.39, 0.29) is 16.6 Å². The van der Waals surface area contributed by atoms with Crippen LogP contribution in [0.25, 0.3) is 6.08 Å². The molecule has 148 valence electrons. The molecule has 0 aliphatic heterocycles. The van der Waals surface area contributed by atoms with Crippen molar-refractivity contribution in [1.82, 2.24) is 0 Å². The third-order valence-corrected chi connectivity index (χ3v) is 5.43. The lowest BCUT2D eigenvalue weighted by Gasteiger charge is -2.09. The van der Waals surface area contributed by atoms with Crippen molar-refractivity contribution < 1.29 is 17.6 Å². The molecule has 0 spiro atoms. The summed E-state index contributed by atoms with van der Waals surface area (Å²) in [5, 5.41) is 2.67. The van der Waals surface area contributed by atoms with Crippen LogP contribution >= 0.6 is 0 Å². The Balaban J connectivity index is 1.61. The largest absolute Gasteiger partial charge is 0.323 e. The van der Waals surface area contributed by atoms with E-state index >= 15 is 0 Å². The van der Waals surface area contributed by atoms with E-state index in [1.54, 1.807) is 66.7 Å². The molecule has 0 aliphatic carbocycles. The van der Waals surface area contributed by atoms with Crippen molar-refractivity contribution in [3.8, 4) is 0 Å². The topological polar surface area (TPSA) is 75.3 Å². The number of hydrogen-bond donors (Lipinski definition) is 2. The van der Waals surface area contributed by atoms with Crippen LogP contribution in [0, 0.1) is 12.7 Å². The second-order valence-corrected chi connectivity index (χ2v) is 8.05. The van der Waals surface area contributed by atoms with Crippen LogP contribution in [0.1, 0.15) is 11.1 Å². The van der Waals surface area contributed by atoms with Crippen LogP contribution in [0.4, 0.5) is 15.8 Å². The van der Waals surface area contributed by atoms with Gasteiger partial charge < -0.3 is 5.32 Å². The molecule has 0 radical (unpaired) electrons. The van der Waals surface area contributed by atoms with Crippen LogP contribution in [-0.2, 0) is 14.8 Å². The number of aryl methyl sites for hydroxylation is 1. The van der Waals surface area contributed by atoms with Gasteiger partial charge in [0.2, 0.25) is 5.91 Å². The third kappa shape index (κ3) is 5.76. The van der Waals surface area contributed by atoms with E-state index < -0.39 is 10.0 Å². The summed E-state index contributed by atoms with van der Waals surface area (Å²) in [6, 6.07) is 18.6. The van der Waals surface area contributed by atoms with Crippen LogP contribution in [0.2, 0.25) is 0 Å². The highest BCUT2D eigenvalue weighted by molar-refractivity contribution is 7.92. The highest BCUT2D eigenvalue weighted by Crippen LogP contribution is 2.19. The number of rotatable bonds is 6. The molecule has 0 saturated carbocycles. The number of anilines is 2. The molecule has 0 atom stereocenters. The molecule has 0 bridgehead atoms. The first-order chi connectivity index (χ1) is 13.8. The number of halogens is 1. The van der Waals surface area contributed by atoms with Crippen molar-refractivity contribution in [1.29, 1.82) is 0 Å². The minimum atomic E-state index is -3.68. The molecular weight excluding hydrogens is 391 g/mol. The Bertz CT molecular complexity index is 1120. The predicted molar refractivity (Wildman–Crippen MR) is 112 cm³/mol. The van der Waals surface area contributed by atoms with Crippen LogP contribution in [0.15, 0.2) is 83.8 Å². The lowest BCUT2D eigenvalue weighted by Crippen LogP contribution is -2.13. The minimum absolute atomic E-state index is 0.173. The molecule has 3 rings (SSSR count). The third-order valence-electron chi connectivity index (χ3n) is 4.03. The number of nitrogens with one attached hydrogen (secondary N) is 2. The van der Waals surface area contributed by atoms with Gasteiger partial charge >= 0.3 is 0 Å². The van der Waals surface area contributed by atoms with E-state index in [2.05, 4.69) is 10.0 Å². The molecule has 0 fully saturated rings. The summed E-state index contributed by atoms with van der Waals surface area (Å²) >= 11 is 0. The van der Waals surface area contributed by atoms with Gasteiger partial charge in [0.05, 0.1) is 4.90 Å². The second kappa shape index (κ2) is 8.70. The molecule has 0 heterocycles. The fourth-order valence-corrected chi connectivity index (χ4v) is 3.54. The zero-order valence-electron chi connectivity index (χ0n) is 15.6. The van der Waals surface area contributed by atoms with Crippen molar-refractivity contribution in [3.05, 3.63) is 95.8 Å². The molecule has 3 aromatic rings. The summed E-state index contributed by atoms with van der Waals surface area (Å²) in [6.07, 6.45) is 2.90. The molecule has 29 heavy (non-hydrogen) atoms. The van der Waals surface area contributed by atoms with Crippen LogP contribution in [0.3, 0.4) is 0 Å². The predicted octanol–water partition coefficient (Wildman–Crippen LogP) is 4.59. The summed E-state index contributed by atoms with van der Waals surface area (Å²) in [4.78, 5) is 12.2. The first-order valence-corrected chi connectivity index (χ1v) is 10.2. The lowest BCUT2D eigenvalue weighted by molar-refractivity contribution is -0.111. The van der Waals surface area contributed by atoms with Gasteiger partial charge in [-0.05, 0) is 67.1 Å². The Kier molecular flexibility index (Phi) is 6.09. The van der Waals surface area contributed by atoms with Crippen molar-refractivity contribution >= 4 is 33.4 Å². The number of amides is 1. The van der Waals surface area contributed by atoms with E-state index in [4.69, 9.17) is 0 Å². The Labute approximate surface area is 169 Å². The van der Waals surface area contributed by atoms with Crippen molar-refractivity contribution in [2.75, 3.05) is 10.0 Å². The van der Waals surface area contributed by atoms with E-state index in [0.717, 1.165) is 5.56 Å². The molecule has 7 heteroatoms. The number of hydrogen-bond acceptors (Lipinski definition) is 3. The number of carbonyl (C=O) groups is 1. The van der Waals surface area contributed by atoms with Crippen molar-refractivity contribution in [2.45, 2.75) is 11.8 Å². The van der Waals surface area contributed by atoms with Gasteiger partial charge in [-0.2, -0.15) is 0 Å². The van der Waals surface area contributed by atoms with Gasteiger partial charge in [-0.25, -0.2) is 12.8 Å². The van der Waals surface area contributed by atoms with E-state index in [1.807, 2.05) is 6.92 Å². The molecule has 0 aliphatic rings. The second-order valence-electron chi connectivity index (χ2n) is 6.37. The molecular formula is C22H19FN2O3S. The molecule has 5 nitrogen and oxygen atoms in total. The SMILES string of the molecule is Cc1ccc(S(=O)(=O)Nc2ccc(NC(=O)C=Cc3ccc(F)cc3)cc2)cc1. The van der Waals surface area contributed by atoms with Crippen LogP contribution in [-0.4, -0.2) is 14.3 Å². The zero-order chi connectivity index (χ0) is 20.9. The monoisotopic (exact) mass is 410 g/mol. The maximum absolute atomic E-state index is 12.9. The molecule has 0 saturated heterocycles. The summed E-state index contributed by atoms with van der Waals surface area (Å²) in [7, 11) is -3.68. The Morgan fingerprint density at radius 2 is 1.45 bits per heavy atom. The summed E-state index contributed by atoms with van der Waals surface area (Å²) in [5.41, 5.74) is 2.56. The molecule has 0 unspecified atom stereocenters. The number of carbonyl (C=O) groups excluding carboxylic acids is 1. The highest BCUT2D eigenvalue weighted by atomic mass is 32.2. The van der Waals surface area contributed by atoms with Gasteiger partial charge in [-0.1, -0.05) is 29.8 Å². The quantitative estimate of drug-likeness (QED) is 0.584. The van der Waals surface area contributed by atoms with Crippen LogP contribution < -0.4 is 10.0 Å². The maximum atomic E-state index is 12.9. The normalized spacial score (nSPS) is 11.4. The molecule has 3 aromatic carbocycles. The number of benzene rings is 3. The lowest BCUT2D eigenvalue weighted by atomic mass is 10.2. The zero-order valence-corrected chi connectivity index (χ0v) is 16.4. The average molecular weight is 410 g/mol. The highest BCUT2D eigenvalue weighted by Gasteiger charge is 2.13. The van der Waals surface area contributed by atoms with Gasteiger partial charge in [0.1, 0.15) is 5.82 Å². The molecule has 1 amide bonds. The van der Waals surface area contributed by atoms with Crippen molar-refractivity contribution in [2.24, 2.45) is 0 Å². The van der Waals surface area contributed by atoms with Gasteiger partial charge in [0, 0.05) is 17.5 Å².